The van der Waals surface area contributed by atoms with Crippen LogP contribution in [0.4, 0.5) is 0 Å². The van der Waals surface area contributed by atoms with Gasteiger partial charge in [0.25, 0.3) is 0 Å². The number of benzene rings is 1. The smallest absolute Gasteiger partial charge is 0.0663 e. The number of H-pyrrole nitrogens is 1. The molecular weight excluding hydrogens is 269 g/mol. The topological polar surface area (TPSA) is 36.0 Å². The van der Waals surface area contributed by atoms with Crippen LogP contribution in [0.15, 0.2) is 12.1 Å². The lowest BCUT2D eigenvalue weighted by molar-refractivity contribution is 0.127. The minimum atomic E-state index is -0.0478. The number of aromatic amines is 1. The summed E-state index contributed by atoms with van der Waals surface area (Å²) in [4.78, 5) is 3.39. The zero-order valence-corrected chi connectivity index (χ0v) is 11.7. The van der Waals surface area contributed by atoms with E-state index in [0.29, 0.717) is 5.02 Å². The molecule has 0 fully saturated rings. The third kappa shape index (κ3) is 1.75. The summed E-state index contributed by atoms with van der Waals surface area (Å²) in [5, 5.41) is 12.0. The number of nitrogens with one attached hydrogen (secondary N) is 1. The van der Waals surface area contributed by atoms with Crippen molar-refractivity contribution in [1.29, 1.82) is 0 Å². The molecule has 0 spiro atoms. The van der Waals surface area contributed by atoms with Gasteiger partial charge in [0.1, 0.15) is 0 Å². The second-order valence-corrected chi connectivity index (χ2v) is 6.32. The van der Waals surface area contributed by atoms with E-state index in [4.69, 9.17) is 23.2 Å². The number of aliphatic hydroxyl groups is 1. The minimum absolute atomic E-state index is 0.0478. The lowest BCUT2D eigenvalue weighted by Crippen LogP contribution is -2.29. The molecule has 18 heavy (non-hydrogen) atoms. The molecule has 1 aliphatic carbocycles. The fourth-order valence-corrected chi connectivity index (χ4v) is 3.31. The van der Waals surface area contributed by atoms with Crippen molar-refractivity contribution < 1.29 is 5.11 Å². The van der Waals surface area contributed by atoms with Gasteiger partial charge in [0, 0.05) is 17.7 Å². The van der Waals surface area contributed by atoms with Gasteiger partial charge >= 0.3 is 0 Å². The first-order valence-corrected chi connectivity index (χ1v) is 6.88. The average Bonchev–Trinajstić information content (AvgIpc) is 2.73. The van der Waals surface area contributed by atoms with Crippen molar-refractivity contribution in [3.8, 4) is 0 Å². The second-order valence-electron chi connectivity index (χ2n) is 5.51. The Hall–Kier alpha value is -0.700. The van der Waals surface area contributed by atoms with E-state index >= 15 is 0 Å². The van der Waals surface area contributed by atoms with E-state index in [0.717, 1.165) is 35.2 Å². The van der Waals surface area contributed by atoms with E-state index in [-0.39, 0.29) is 12.0 Å². The van der Waals surface area contributed by atoms with Crippen LogP contribution in [-0.4, -0.2) is 16.7 Å². The highest BCUT2D eigenvalue weighted by Gasteiger charge is 2.32. The van der Waals surface area contributed by atoms with Crippen molar-refractivity contribution in [3.05, 3.63) is 33.4 Å². The number of hydrogen-bond donors (Lipinski definition) is 2. The van der Waals surface area contributed by atoms with Gasteiger partial charge in [-0.25, -0.2) is 0 Å². The summed E-state index contributed by atoms with van der Waals surface area (Å²) in [7, 11) is 0. The molecule has 2 nitrogen and oxygen atoms in total. The van der Waals surface area contributed by atoms with Crippen LogP contribution in [0.3, 0.4) is 0 Å². The SMILES string of the molecule is CC1(CO)CCc2[nH]c3c(Cl)ccc(Cl)c3c2C1. The number of aryl methyl sites for hydroxylation is 1. The highest BCUT2D eigenvalue weighted by atomic mass is 35.5. The maximum atomic E-state index is 9.54. The summed E-state index contributed by atoms with van der Waals surface area (Å²) in [6, 6.07) is 3.66. The highest BCUT2D eigenvalue weighted by molar-refractivity contribution is 6.40. The first-order valence-electron chi connectivity index (χ1n) is 6.12. The van der Waals surface area contributed by atoms with Gasteiger partial charge in [-0.05, 0) is 42.4 Å². The summed E-state index contributed by atoms with van der Waals surface area (Å²) in [5.74, 6) is 0. The average molecular weight is 284 g/mol. The summed E-state index contributed by atoms with van der Waals surface area (Å²) in [5.41, 5.74) is 3.32. The Morgan fingerprint density at radius 3 is 2.78 bits per heavy atom. The maximum Gasteiger partial charge on any atom is 0.0663 e. The summed E-state index contributed by atoms with van der Waals surface area (Å²) in [6.07, 6.45) is 2.77. The van der Waals surface area contributed by atoms with Crippen LogP contribution in [0.25, 0.3) is 10.9 Å². The Kier molecular flexibility index (Phi) is 2.85. The normalized spacial score (nSPS) is 23.3. The van der Waals surface area contributed by atoms with E-state index in [1.54, 1.807) is 0 Å². The van der Waals surface area contributed by atoms with Gasteiger partial charge < -0.3 is 10.1 Å². The molecule has 3 rings (SSSR count). The summed E-state index contributed by atoms with van der Waals surface area (Å²) < 4.78 is 0. The van der Waals surface area contributed by atoms with Gasteiger partial charge in [0.05, 0.1) is 15.6 Å². The van der Waals surface area contributed by atoms with Crippen LogP contribution in [0.1, 0.15) is 24.6 Å². The van der Waals surface area contributed by atoms with E-state index < -0.39 is 0 Å². The number of aliphatic hydroxyl groups excluding tert-OH is 1. The van der Waals surface area contributed by atoms with Gasteiger partial charge in [0.15, 0.2) is 0 Å². The first kappa shape index (κ1) is 12.3. The zero-order valence-electron chi connectivity index (χ0n) is 10.2. The number of hydrogen-bond acceptors (Lipinski definition) is 1. The van der Waals surface area contributed by atoms with Gasteiger partial charge in [-0.2, -0.15) is 0 Å². The third-order valence-corrected chi connectivity index (χ3v) is 4.64. The van der Waals surface area contributed by atoms with Crippen LogP contribution >= 0.6 is 23.2 Å². The first-order chi connectivity index (χ1) is 8.54. The van der Waals surface area contributed by atoms with Crippen molar-refractivity contribution in [2.75, 3.05) is 6.61 Å². The molecule has 0 radical (unpaired) electrons. The van der Waals surface area contributed by atoms with Crippen LogP contribution in [0.2, 0.25) is 10.0 Å². The number of fused-ring (bicyclic) bond motifs is 3. The minimum Gasteiger partial charge on any atom is -0.396 e. The van der Waals surface area contributed by atoms with Crippen LogP contribution < -0.4 is 0 Å². The van der Waals surface area contributed by atoms with Crippen molar-refractivity contribution in [2.45, 2.75) is 26.2 Å². The predicted octanol–water partition coefficient (Wildman–Crippen LogP) is 3.96. The van der Waals surface area contributed by atoms with Gasteiger partial charge in [-0.1, -0.05) is 30.1 Å². The van der Waals surface area contributed by atoms with E-state index in [9.17, 15) is 5.11 Å². The molecule has 0 aliphatic heterocycles. The predicted molar refractivity (Wildman–Crippen MR) is 75.5 cm³/mol. The number of halogens is 2. The molecule has 96 valence electrons. The third-order valence-electron chi connectivity index (χ3n) is 4.01. The van der Waals surface area contributed by atoms with Gasteiger partial charge in [-0.3, -0.25) is 0 Å². The molecule has 2 aromatic rings. The monoisotopic (exact) mass is 283 g/mol. The van der Waals surface area contributed by atoms with E-state index in [1.807, 2.05) is 12.1 Å². The molecule has 1 unspecified atom stereocenters. The van der Waals surface area contributed by atoms with E-state index in [1.165, 1.54) is 11.3 Å². The van der Waals surface area contributed by atoms with Crippen LogP contribution in [0, 0.1) is 5.41 Å². The molecule has 0 saturated carbocycles. The zero-order chi connectivity index (χ0) is 12.9. The Labute approximate surface area is 116 Å². The number of aromatic nitrogens is 1. The molecule has 1 aliphatic rings. The molecule has 0 bridgehead atoms. The molecular formula is C14H15Cl2NO. The largest absolute Gasteiger partial charge is 0.396 e. The van der Waals surface area contributed by atoms with Crippen molar-refractivity contribution in [1.82, 2.24) is 4.98 Å². The standard InChI is InChI=1S/C14H15Cl2NO/c1-14(7-18)5-4-11-8(6-14)12-9(15)2-3-10(16)13(12)17-11/h2-3,17-18H,4-7H2,1H3. The molecule has 0 amide bonds. The van der Waals surface area contributed by atoms with Crippen molar-refractivity contribution in [2.24, 2.45) is 5.41 Å². The molecule has 1 atom stereocenters. The highest BCUT2D eigenvalue weighted by Crippen LogP contribution is 2.42. The fourth-order valence-electron chi connectivity index (χ4n) is 2.83. The molecule has 1 aromatic carbocycles. The quantitative estimate of drug-likeness (QED) is 0.817. The summed E-state index contributed by atoms with van der Waals surface area (Å²) >= 11 is 12.5. The van der Waals surface area contributed by atoms with Crippen molar-refractivity contribution in [3.63, 3.8) is 0 Å². The Bertz CT molecular complexity index is 620. The molecule has 0 saturated heterocycles. The molecule has 2 N–H and O–H groups in total. The Balaban J connectivity index is 2.25. The van der Waals surface area contributed by atoms with Gasteiger partial charge in [-0.15, -0.1) is 0 Å². The second kappa shape index (κ2) is 4.16. The molecule has 4 heteroatoms. The molecule has 1 aromatic heterocycles. The Morgan fingerprint density at radius 1 is 1.33 bits per heavy atom. The van der Waals surface area contributed by atoms with Gasteiger partial charge in [0.2, 0.25) is 0 Å². The lowest BCUT2D eigenvalue weighted by atomic mass is 9.75. The summed E-state index contributed by atoms with van der Waals surface area (Å²) in [6.45, 7) is 2.32. The fraction of sp³-hybridized carbons (Fsp3) is 0.429. The number of rotatable bonds is 1. The lowest BCUT2D eigenvalue weighted by Gasteiger charge is -2.31. The van der Waals surface area contributed by atoms with Crippen molar-refractivity contribution >= 4 is 34.1 Å². The Morgan fingerprint density at radius 2 is 2.06 bits per heavy atom. The molecule has 1 heterocycles. The van der Waals surface area contributed by atoms with E-state index in [2.05, 4.69) is 11.9 Å². The van der Waals surface area contributed by atoms with Crippen LogP contribution in [0.5, 0.6) is 0 Å². The maximum absolute atomic E-state index is 9.54. The van der Waals surface area contributed by atoms with Crippen LogP contribution in [-0.2, 0) is 12.8 Å².